The van der Waals surface area contributed by atoms with Gasteiger partial charge < -0.3 is 24.8 Å². The zero-order valence-electron chi connectivity index (χ0n) is 20.5. The Morgan fingerprint density at radius 1 is 1.08 bits per heavy atom. The summed E-state index contributed by atoms with van der Waals surface area (Å²) in [6.07, 6.45) is -0.162. The number of carbonyl (C=O) groups is 2. The van der Waals surface area contributed by atoms with Crippen LogP contribution in [0.5, 0.6) is 5.75 Å². The molecule has 0 aliphatic carbocycles. The van der Waals surface area contributed by atoms with Crippen molar-refractivity contribution in [3.63, 3.8) is 0 Å². The second-order valence-electron chi connectivity index (χ2n) is 8.43. The first-order valence-electron chi connectivity index (χ1n) is 11.8. The van der Waals surface area contributed by atoms with Crippen molar-refractivity contribution in [1.82, 2.24) is 4.90 Å². The van der Waals surface area contributed by atoms with Gasteiger partial charge in [0.1, 0.15) is 12.4 Å². The topological polar surface area (TPSA) is 88.1 Å². The minimum atomic E-state index is -2.73. The van der Waals surface area contributed by atoms with Crippen LogP contribution in [0.3, 0.4) is 0 Å². The van der Waals surface area contributed by atoms with E-state index in [0.717, 1.165) is 17.0 Å². The van der Waals surface area contributed by atoms with Crippen LogP contribution in [0, 0.1) is 0 Å². The number of amides is 2. The number of hydrogen-bond donors (Lipinski definition) is 2. The Hall–Kier alpha value is -2.72. The van der Waals surface area contributed by atoms with E-state index in [0.29, 0.717) is 37.4 Å². The van der Waals surface area contributed by atoms with Gasteiger partial charge in [0.25, 0.3) is 0 Å². The number of carbonyl (C=O) groups excluding carboxylic acids is 1. The quantitative estimate of drug-likeness (QED) is 0.248. The van der Waals surface area contributed by atoms with E-state index in [4.69, 9.17) is 9.47 Å². The highest BCUT2D eigenvalue weighted by Gasteiger charge is 2.21. The van der Waals surface area contributed by atoms with E-state index in [1.54, 1.807) is 48.2 Å². The highest BCUT2D eigenvalue weighted by molar-refractivity contribution is 9.10. The molecule has 0 heterocycles. The zero-order valence-corrected chi connectivity index (χ0v) is 22.1. The maximum atomic E-state index is 13.1. The van der Waals surface area contributed by atoms with Gasteiger partial charge in [-0.05, 0) is 68.7 Å². The summed E-state index contributed by atoms with van der Waals surface area (Å²) in [5.41, 5.74) is 1.42. The molecule has 2 amide bonds. The van der Waals surface area contributed by atoms with Crippen LogP contribution in [0.1, 0.15) is 38.7 Å². The van der Waals surface area contributed by atoms with Crippen molar-refractivity contribution in [3.05, 3.63) is 58.6 Å². The Balaban J connectivity index is 1.92. The molecule has 198 valence electrons. The fourth-order valence-corrected chi connectivity index (χ4v) is 3.68. The van der Waals surface area contributed by atoms with Gasteiger partial charge in [-0.25, -0.2) is 18.4 Å². The summed E-state index contributed by atoms with van der Waals surface area (Å²) in [5.74, 6) is -3.17. The van der Waals surface area contributed by atoms with Gasteiger partial charge in [0.2, 0.25) is 5.92 Å². The first kappa shape index (κ1) is 29.5. The number of alkyl halides is 2. The lowest BCUT2D eigenvalue weighted by atomic mass is 10.1. The molecule has 0 aliphatic rings. The third kappa shape index (κ3) is 11.3. The van der Waals surface area contributed by atoms with Crippen molar-refractivity contribution in [2.45, 2.75) is 51.6 Å². The van der Waals surface area contributed by atoms with Crippen LogP contribution >= 0.6 is 15.9 Å². The van der Waals surface area contributed by atoms with E-state index in [9.17, 15) is 23.5 Å². The SMILES string of the molecule is CCOC(Cc1ccc(OCCN(CCCCC(C)(F)F)C(=O)Nc2ccc(Br)cc2)cc1)C(=O)O. The summed E-state index contributed by atoms with van der Waals surface area (Å²) in [6.45, 7) is 3.72. The van der Waals surface area contributed by atoms with Crippen LogP contribution in [0.25, 0.3) is 0 Å². The lowest BCUT2D eigenvalue weighted by molar-refractivity contribution is -0.149. The molecule has 2 rings (SSSR count). The molecule has 10 heteroatoms. The zero-order chi connectivity index (χ0) is 26.6. The number of urea groups is 1. The molecule has 0 radical (unpaired) electrons. The molecular weight excluding hydrogens is 538 g/mol. The molecule has 0 saturated carbocycles. The Morgan fingerprint density at radius 2 is 1.75 bits per heavy atom. The smallest absolute Gasteiger partial charge is 0.333 e. The van der Waals surface area contributed by atoms with E-state index in [-0.39, 0.29) is 32.0 Å². The number of carboxylic acids is 1. The number of nitrogens with one attached hydrogen (secondary N) is 1. The van der Waals surface area contributed by atoms with Gasteiger partial charge in [-0.15, -0.1) is 0 Å². The fourth-order valence-electron chi connectivity index (χ4n) is 3.42. The first-order valence-corrected chi connectivity index (χ1v) is 12.6. The molecule has 0 aromatic heterocycles. The van der Waals surface area contributed by atoms with Gasteiger partial charge in [0.15, 0.2) is 6.10 Å². The number of carboxylic acid groups (broad SMARTS) is 1. The molecule has 0 spiro atoms. The lowest BCUT2D eigenvalue weighted by Gasteiger charge is -2.23. The molecule has 36 heavy (non-hydrogen) atoms. The molecule has 2 N–H and O–H groups in total. The molecule has 2 aromatic carbocycles. The third-order valence-corrected chi connectivity index (χ3v) is 5.82. The summed E-state index contributed by atoms with van der Waals surface area (Å²) >= 11 is 3.35. The van der Waals surface area contributed by atoms with Gasteiger partial charge in [0, 0.05) is 36.2 Å². The summed E-state index contributed by atoms with van der Waals surface area (Å²) in [7, 11) is 0. The van der Waals surface area contributed by atoms with E-state index < -0.39 is 18.0 Å². The minimum Gasteiger partial charge on any atom is -0.492 e. The van der Waals surface area contributed by atoms with Crippen molar-refractivity contribution in [2.75, 3.05) is 31.6 Å². The Labute approximate surface area is 218 Å². The average molecular weight is 571 g/mol. The van der Waals surface area contributed by atoms with Crippen molar-refractivity contribution >= 4 is 33.6 Å². The molecule has 0 bridgehead atoms. The van der Waals surface area contributed by atoms with E-state index in [2.05, 4.69) is 21.2 Å². The number of benzene rings is 2. The van der Waals surface area contributed by atoms with Crippen LogP contribution in [0.2, 0.25) is 0 Å². The predicted molar refractivity (Wildman–Crippen MR) is 138 cm³/mol. The molecular formula is C26H33BrF2N2O5. The summed E-state index contributed by atoms with van der Waals surface area (Å²) in [5, 5.41) is 12.1. The third-order valence-electron chi connectivity index (χ3n) is 5.29. The van der Waals surface area contributed by atoms with Gasteiger partial charge in [-0.2, -0.15) is 0 Å². The largest absolute Gasteiger partial charge is 0.492 e. The fraction of sp³-hybridized carbons (Fsp3) is 0.462. The van der Waals surface area contributed by atoms with Gasteiger partial charge in [-0.3, -0.25) is 0 Å². The summed E-state index contributed by atoms with van der Waals surface area (Å²) in [6, 6.07) is 13.8. The van der Waals surface area contributed by atoms with Crippen LogP contribution in [-0.2, 0) is 16.0 Å². The van der Waals surface area contributed by atoms with Crippen molar-refractivity contribution in [3.8, 4) is 5.75 Å². The molecule has 7 nitrogen and oxygen atoms in total. The number of rotatable bonds is 15. The van der Waals surface area contributed by atoms with Crippen molar-refractivity contribution in [1.29, 1.82) is 0 Å². The molecule has 1 atom stereocenters. The standard InChI is InChI=1S/C26H33BrF2N2O5/c1-3-35-23(24(32)33)18-19-6-12-22(13-7-19)36-17-16-31(15-5-4-14-26(2,28)29)25(34)30-21-10-8-20(27)9-11-21/h6-13,23H,3-5,14-18H2,1-2H3,(H,30,34)(H,32,33). The van der Waals surface area contributed by atoms with Crippen LogP contribution in [-0.4, -0.2) is 60.3 Å². The van der Waals surface area contributed by atoms with Crippen molar-refractivity contribution < 1.29 is 33.0 Å². The van der Waals surface area contributed by atoms with Gasteiger partial charge in [0.05, 0.1) is 6.54 Å². The number of halogens is 3. The van der Waals surface area contributed by atoms with Gasteiger partial charge >= 0.3 is 12.0 Å². The average Bonchev–Trinajstić information content (AvgIpc) is 2.82. The first-order chi connectivity index (χ1) is 17.1. The molecule has 0 aliphatic heterocycles. The number of nitrogens with zero attached hydrogens (tertiary/aromatic N) is 1. The Kier molecular flexibility index (Phi) is 12.1. The molecule has 1 unspecified atom stereocenters. The van der Waals surface area contributed by atoms with Crippen LogP contribution in [0.4, 0.5) is 19.3 Å². The number of unbranched alkanes of at least 4 members (excludes halogenated alkanes) is 1. The van der Waals surface area contributed by atoms with Gasteiger partial charge in [-0.1, -0.05) is 28.1 Å². The minimum absolute atomic E-state index is 0.202. The molecule has 0 fully saturated rings. The second-order valence-corrected chi connectivity index (χ2v) is 9.35. The van der Waals surface area contributed by atoms with E-state index in [1.807, 2.05) is 12.1 Å². The maximum absolute atomic E-state index is 13.1. The Bertz CT molecular complexity index is 952. The number of aliphatic carboxylic acids is 1. The second kappa shape index (κ2) is 14.7. The molecule has 0 saturated heterocycles. The van der Waals surface area contributed by atoms with Crippen LogP contribution in [0.15, 0.2) is 53.0 Å². The number of ether oxygens (including phenoxy) is 2. The van der Waals surface area contributed by atoms with E-state index in [1.165, 1.54) is 0 Å². The monoisotopic (exact) mass is 570 g/mol. The number of anilines is 1. The highest BCUT2D eigenvalue weighted by atomic mass is 79.9. The predicted octanol–water partition coefficient (Wildman–Crippen LogP) is 6.22. The maximum Gasteiger partial charge on any atom is 0.333 e. The lowest BCUT2D eigenvalue weighted by Crippen LogP contribution is -2.38. The normalized spacial score (nSPS) is 12.1. The van der Waals surface area contributed by atoms with E-state index >= 15 is 0 Å². The number of hydrogen-bond acceptors (Lipinski definition) is 4. The molecule has 2 aromatic rings. The summed E-state index contributed by atoms with van der Waals surface area (Å²) in [4.78, 5) is 25.6. The summed E-state index contributed by atoms with van der Waals surface area (Å²) < 4.78 is 38.2. The Morgan fingerprint density at radius 3 is 2.33 bits per heavy atom. The highest BCUT2D eigenvalue weighted by Crippen LogP contribution is 2.20. The van der Waals surface area contributed by atoms with Crippen LogP contribution < -0.4 is 10.1 Å². The van der Waals surface area contributed by atoms with Crippen molar-refractivity contribution in [2.24, 2.45) is 0 Å².